The molecule has 0 radical (unpaired) electrons. The van der Waals surface area contributed by atoms with Gasteiger partial charge in [0, 0.05) is 16.2 Å². The maximum absolute atomic E-state index is 13.5. The molecule has 3 heteroatoms. The van der Waals surface area contributed by atoms with Crippen molar-refractivity contribution >= 4 is 11.8 Å². The summed E-state index contributed by atoms with van der Waals surface area (Å²) in [6.07, 6.45) is 2.13. The summed E-state index contributed by atoms with van der Waals surface area (Å²) in [5, 5.41) is 0. The van der Waals surface area contributed by atoms with Gasteiger partial charge in [-0.1, -0.05) is 26.0 Å². The largest absolute Gasteiger partial charge is 0.329 e. The van der Waals surface area contributed by atoms with Gasteiger partial charge in [0.2, 0.25) is 0 Å². The van der Waals surface area contributed by atoms with Gasteiger partial charge in [-0.25, -0.2) is 4.39 Å². The van der Waals surface area contributed by atoms with E-state index in [4.69, 9.17) is 5.73 Å². The number of thioether (sulfide) groups is 1. The van der Waals surface area contributed by atoms with E-state index in [1.165, 1.54) is 6.07 Å². The van der Waals surface area contributed by atoms with Crippen molar-refractivity contribution in [1.29, 1.82) is 0 Å². The molecule has 0 bridgehead atoms. The third kappa shape index (κ3) is 2.25. The number of benzene rings is 1. The highest BCUT2D eigenvalue weighted by Crippen LogP contribution is 2.56. The van der Waals surface area contributed by atoms with Gasteiger partial charge in [0.05, 0.1) is 0 Å². The van der Waals surface area contributed by atoms with Gasteiger partial charge in [-0.05, 0) is 30.4 Å². The maximum Gasteiger partial charge on any atom is 0.136 e. The van der Waals surface area contributed by atoms with Crippen LogP contribution in [0.3, 0.4) is 0 Å². The summed E-state index contributed by atoms with van der Waals surface area (Å²) < 4.78 is 13.6. The van der Waals surface area contributed by atoms with Gasteiger partial charge >= 0.3 is 0 Å². The van der Waals surface area contributed by atoms with E-state index in [1.54, 1.807) is 17.8 Å². The fraction of sp³-hybridized carbons (Fsp3) is 0.538. The van der Waals surface area contributed by atoms with Gasteiger partial charge in [-0.2, -0.15) is 0 Å². The lowest BCUT2D eigenvalue weighted by Crippen LogP contribution is -2.51. The standard InChI is InChI=1S/C13H18FNS/c1-12(2)7-13(8-12,9-15)16-11-6-4-3-5-10(11)14/h3-6H,7-9,15H2,1-2H3. The molecule has 2 N–H and O–H groups in total. The van der Waals surface area contributed by atoms with Crippen LogP contribution in [0.1, 0.15) is 26.7 Å². The third-order valence-corrected chi connectivity index (χ3v) is 4.58. The Kier molecular flexibility index (Phi) is 3.01. The monoisotopic (exact) mass is 239 g/mol. The van der Waals surface area contributed by atoms with Crippen LogP contribution in [0.2, 0.25) is 0 Å². The number of rotatable bonds is 3. The lowest BCUT2D eigenvalue weighted by molar-refractivity contribution is 0.132. The van der Waals surface area contributed by atoms with Crippen LogP contribution in [-0.4, -0.2) is 11.3 Å². The van der Waals surface area contributed by atoms with Gasteiger partial charge < -0.3 is 5.73 Å². The summed E-state index contributed by atoms with van der Waals surface area (Å²) in [5.74, 6) is -0.134. The van der Waals surface area contributed by atoms with E-state index in [9.17, 15) is 4.39 Å². The molecule has 0 unspecified atom stereocenters. The molecule has 88 valence electrons. The van der Waals surface area contributed by atoms with Gasteiger partial charge in [0.1, 0.15) is 5.82 Å². The minimum atomic E-state index is -0.134. The van der Waals surface area contributed by atoms with E-state index in [0.717, 1.165) is 17.7 Å². The lowest BCUT2D eigenvalue weighted by atomic mass is 9.64. The van der Waals surface area contributed by atoms with Gasteiger partial charge in [-0.15, -0.1) is 11.8 Å². The molecule has 0 amide bonds. The second-order valence-corrected chi connectivity index (χ2v) is 6.95. The molecule has 0 spiro atoms. The number of halogens is 1. The second kappa shape index (κ2) is 4.04. The molecule has 1 aliphatic rings. The molecule has 0 atom stereocenters. The molecular weight excluding hydrogens is 221 g/mol. The number of hydrogen-bond acceptors (Lipinski definition) is 2. The SMILES string of the molecule is CC1(C)CC(CN)(Sc2ccccc2F)C1. The van der Waals surface area contributed by atoms with Crippen LogP contribution in [0.15, 0.2) is 29.2 Å². The van der Waals surface area contributed by atoms with Crippen molar-refractivity contribution in [2.24, 2.45) is 11.1 Å². The average Bonchev–Trinajstić information content (AvgIpc) is 2.18. The molecule has 0 saturated heterocycles. The summed E-state index contributed by atoms with van der Waals surface area (Å²) in [4.78, 5) is 0.725. The zero-order valence-electron chi connectivity index (χ0n) is 9.79. The van der Waals surface area contributed by atoms with Crippen LogP contribution in [0.25, 0.3) is 0 Å². The van der Waals surface area contributed by atoms with Crippen LogP contribution in [0.4, 0.5) is 4.39 Å². The van der Waals surface area contributed by atoms with E-state index in [-0.39, 0.29) is 10.6 Å². The minimum absolute atomic E-state index is 0.0473. The molecule has 0 heterocycles. The first-order valence-electron chi connectivity index (χ1n) is 5.60. The fourth-order valence-electron chi connectivity index (χ4n) is 2.71. The normalized spacial score (nSPS) is 21.5. The summed E-state index contributed by atoms with van der Waals surface area (Å²) in [6, 6.07) is 6.94. The predicted octanol–water partition coefficient (Wildman–Crippen LogP) is 3.44. The zero-order valence-corrected chi connectivity index (χ0v) is 10.6. The molecule has 2 rings (SSSR count). The van der Waals surface area contributed by atoms with Crippen molar-refractivity contribution in [2.75, 3.05) is 6.54 Å². The van der Waals surface area contributed by atoms with Crippen LogP contribution < -0.4 is 5.73 Å². The molecular formula is C13H18FNS. The molecule has 16 heavy (non-hydrogen) atoms. The Morgan fingerprint density at radius 2 is 1.94 bits per heavy atom. The molecule has 1 aliphatic carbocycles. The molecule has 1 fully saturated rings. The Morgan fingerprint density at radius 1 is 1.31 bits per heavy atom. The molecule has 1 saturated carbocycles. The Morgan fingerprint density at radius 3 is 2.44 bits per heavy atom. The molecule has 1 aromatic rings. The summed E-state index contributed by atoms with van der Waals surface area (Å²) in [5.41, 5.74) is 6.20. The zero-order chi connectivity index (χ0) is 11.8. The van der Waals surface area contributed by atoms with E-state index in [2.05, 4.69) is 13.8 Å². The number of hydrogen-bond donors (Lipinski definition) is 1. The topological polar surface area (TPSA) is 26.0 Å². The van der Waals surface area contributed by atoms with Crippen molar-refractivity contribution in [1.82, 2.24) is 0 Å². The summed E-state index contributed by atoms with van der Waals surface area (Å²) in [6.45, 7) is 5.10. The van der Waals surface area contributed by atoms with Gasteiger partial charge in [0.25, 0.3) is 0 Å². The van der Waals surface area contributed by atoms with E-state index in [0.29, 0.717) is 12.0 Å². The number of nitrogens with two attached hydrogens (primary N) is 1. The Hall–Kier alpha value is -0.540. The highest BCUT2D eigenvalue weighted by Gasteiger charge is 2.49. The van der Waals surface area contributed by atoms with Crippen LogP contribution in [-0.2, 0) is 0 Å². The first kappa shape index (κ1) is 11.9. The summed E-state index contributed by atoms with van der Waals surface area (Å²) in [7, 11) is 0. The van der Waals surface area contributed by atoms with E-state index in [1.807, 2.05) is 12.1 Å². The Labute approximate surface area is 101 Å². The van der Waals surface area contributed by atoms with Crippen molar-refractivity contribution in [3.63, 3.8) is 0 Å². The predicted molar refractivity (Wildman–Crippen MR) is 67.1 cm³/mol. The van der Waals surface area contributed by atoms with Gasteiger partial charge in [0.15, 0.2) is 0 Å². The van der Waals surface area contributed by atoms with E-state index < -0.39 is 0 Å². The fourth-order valence-corrected chi connectivity index (χ4v) is 4.50. The third-order valence-electron chi connectivity index (χ3n) is 3.14. The van der Waals surface area contributed by atoms with Crippen molar-refractivity contribution in [3.05, 3.63) is 30.1 Å². The Bertz CT molecular complexity index is 381. The highest BCUT2D eigenvalue weighted by atomic mass is 32.2. The van der Waals surface area contributed by atoms with Gasteiger partial charge in [-0.3, -0.25) is 0 Å². The lowest BCUT2D eigenvalue weighted by Gasteiger charge is -2.52. The van der Waals surface area contributed by atoms with Crippen LogP contribution in [0, 0.1) is 11.2 Å². The second-order valence-electron chi connectivity index (χ2n) is 5.44. The minimum Gasteiger partial charge on any atom is -0.329 e. The van der Waals surface area contributed by atoms with Crippen LogP contribution in [0.5, 0.6) is 0 Å². The molecule has 1 nitrogen and oxygen atoms in total. The van der Waals surface area contributed by atoms with Crippen molar-refractivity contribution in [2.45, 2.75) is 36.3 Å². The van der Waals surface area contributed by atoms with Crippen LogP contribution >= 0.6 is 11.8 Å². The van der Waals surface area contributed by atoms with Crippen molar-refractivity contribution < 1.29 is 4.39 Å². The highest BCUT2D eigenvalue weighted by molar-refractivity contribution is 8.00. The van der Waals surface area contributed by atoms with Crippen molar-refractivity contribution in [3.8, 4) is 0 Å². The molecule has 1 aromatic carbocycles. The maximum atomic E-state index is 13.5. The van der Waals surface area contributed by atoms with E-state index >= 15 is 0 Å². The molecule has 0 aliphatic heterocycles. The Balaban J connectivity index is 2.12. The first-order valence-corrected chi connectivity index (χ1v) is 6.42. The first-order chi connectivity index (χ1) is 7.46. The summed E-state index contributed by atoms with van der Waals surface area (Å²) >= 11 is 1.61. The quantitative estimate of drug-likeness (QED) is 0.874. The average molecular weight is 239 g/mol. The smallest absolute Gasteiger partial charge is 0.136 e. The molecule has 0 aromatic heterocycles.